The summed E-state index contributed by atoms with van der Waals surface area (Å²) in [5, 5.41) is 0.555. The maximum atomic E-state index is 12.5. The van der Waals surface area contributed by atoms with Gasteiger partial charge in [0.2, 0.25) is 0 Å². The number of aryl methyl sites for hydroxylation is 2. The Bertz CT molecular complexity index is 686. The van der Waals surface area contributed by atoms with E-state index in [-0.39, 0.29) is 11.1 Å². The monoisotopic (exact) mass is 322 g/mol. The minimum absolute atomic E-state index is 0.177. The Morgan fingerprint density at radius 3 is 2.62 bits per heavy atom. The van der Waals surface area contributed by atoms with Crippen LogP contribution in [0.15, 0.2) is 30.5 Å². The molecule has 0 saturated carbocycles. The summed E-state index contributed by atoms with van der Waals surface area (Å²) in [5.41, 5.74) is 3.83. The summed E-state index contributed by atoms with van der Waals surface area (Å²) in [5.74, 6) is -0.177. The Hall–Kier alpha value is -1.58. The van der Waals surface area contributed by atoms with Crippen molar-refractivity contribution < 1.29 is 4.79 Å². The number of amides is 1. The number of aromatic nitrogens is 1. The highest BCUT2D eigenvalue weighted by Gasteiger charge is 2.17. The molecule has 110 valence electrons. The van der Waals surface area contributed by atoms with Crippen molar-refractivity contribution in [2.45, 2.75) is 20.4 Å². The summed E-state index contributed by atoms with van der Waals surface area (Å²) in [6, 6.07) is 7.67. The molecule has 1 heterocycles. The van der Waals surface area contributed by atoms with Gasteiger partial charge in [0.15, 0.2) is 0 Å². The predicted molar refractivity (Wildman–Crippen MR) is 86.0 cm³/mol. The highest BCUT2D eigenvalue weighted by atomic mass is 35.5. The Morgan fingerprint density at radius 2 is 1.95 bits per heavy atom. The molecule has 0 aliphatic heterocycles. The summed E-state index contributed by atoms with van der Waals surface area (Å²) < 4.78 is 0. The van der Waals surface area contributed by atoms with Crippen LogP contribution in [0.4, 0.5) is 0 Å². The molecule has 2 rings (SSSR count). The van der Waals surface area contributed by atoms with E-state index in [1.807, 2.05) is 26.0 Å². The van der Waals surface area contributed by atoms with E-state index in [1.54, 1.807) is 11.9 Å². The summed E-state index contributed by atoms with van der Waals surface area (Å²) in [7, 11) is 1.74. The molecule has 0 N–H and O–H groups in total. The molecule has 0 unspecified atom stereocenters. The second-order valence-corrected chi connectivity index (χ2v) is 5.87. The normalized spacial score (nSPS) is 10.5. The van der Waals surface area contributed by atoms with Crippen molar-refractivity contribution in [2.24, 2.45) is 0 Å². The summed E-state index contributed by atoms with van der Waals surface area (Å²) in [4.78, 5) is 17.9. The van der Waals surface area contributed by atoms with Crippen LogP contribution in [0, 0.1) is 13.8 Å². The zero-order chi connectivity index (χ0) is 15.6. The summed E-state index contributed by atoms with van der Waals surface area (Å²) >= 11 is 11.8. The van der Waals surface area contributed by atoms with Crippen LogP contribution in [0.1, 0.15) is 27.0 Å². The van der Waals surface area contributed by atoms with Crippen molar-refractivity contribution in [2.75, 3.05) is 7.05 Å². The van der Waals surface area contributed by atoms with Crippen molar-refractivity contribution in [1.82, 2.24) is 9.88 Å². The third-order valence-electron chi connectivity index (χ3n) is 3.30. The number of carbonyl (C=O) groups is 1. The van der Waals surface area contributed by atoms with E-state index in [2.05, 4.69) is 11.1 Å². The van der Waals surface area contributed by atoms with Gasteiger partial charge in [-0.1, -0.05) is 47.0 Å². The van der Waals surface area contributed by atoms with E-state index in [0.29, 0.717) is 17.1 Å². The lowest BCUT2D eigenvalue weighted by atomic mass is 10.1. The van der Waals surface area contributed by atoms with E-state index in [4.69, 9.17) is 23.2 Å². The summed E-state index contributed by atoms with van der Waals surface area (Å²) in [6.07, 6.45) is 1.39. The van der Waals surface area contributed by atoms with E-state index in [9.17, 15) is 4.79 Å². The molecule has 0 saturated heterocycles. The van der Waals surface area contributed by atoms with Gasteiger partial charge in [0.25, 0.3) is 5.91 Å². The van der Waals surface area contributed by atoms with Gasteiger partial charge in [-0.3, -0.25) is 4.79 Å². The molecule has 21 heavy (non-hydrogen) atoms. The molecule has 0 fully saturated rings. The standard InChI is InChI=1S/C16H16Cl2N2O/c1-10-4-5-12(11(2)6-10)9-20(3)16(21)13-7-15(18)19-8-14(13)17/h4-8H,9H2,1-3H3. The number of hydrogen-bond acceptors (Lipinski definition) is 2. The van der Waals surface area contributed by atoms with E-state index in [0.717, 1.165) is 11.1 Å². The predicted octanol–water partition coefficient (Wildman–Crippen LogP) is 4.28. The van der Waals surface area contributed by atoms with E-state index in [1.165, 1.54) is 17.8 Å². The number of pyridine rings is 1. The lowest BCUT2D eigenvalue weighted by Gasteiger charge is -2.19. The highest BCUT2D eigenvalue weighted by Crippen LogP contribution is 2.21. The van der Waals surface area contributed by atoms with Gasteiger partial charge in [-0.05, 0) is 31.0 Å². The third-order valence-corrected chi connectivity index (χ3v) is 3.81. The van der Waals surface area contributed by atoms with Gasteiger partial charge < -0.3 is 4.90 Å². The molecule has 0 aliphatic carbocycles. The molecule has 1 aromatic carbocycles. The smallest absolute Gasteiger partial charge is 0.255 e. The Labute approximate surface area is 134 Å². The number of hydrogen-bond donors (Lipinski definition) is 0. The molecule has 2 aromatic rings. The first-order valence-electron chi connectivity index (χ1n) is 6.51. The molecule has 1 amide bonds. The van der Waals surface area contributed by atoms with E-state index < -0.39 is 0 Å². The lowest BCUT2D eigenvalue weighted by molar-refractivity contribution is 0.0785. The van der Waals surface area contributed by atoms with Crippen molar-refractivity contribution in [1.29, 1.82) is 0 Å². The van der Waals surface area contributed by atoms with Gasteiger partial charge in [0.05, 0.1) is 10.6 Å². The first kappa shape index (κ1) is 15.8. The Kier molecular flexibility index (Phi) is 4.86. The summed E-state index contributed by atoms with van der Waals surface area (Å²) in [6.45, 7) is 4.60. The fraction of sp³-hybridized carbons (Fsp3) is 0.250. The fourth-order valence-electron chi connectivity index (χ4n) is 2.13. The van der Waals surface area contributed by atoms with Crippen LogP contribution in [-0.4, -0.2) is 22.8 Å². The molecule has 0 aliphatic rings. The third kappa shape index (κ3) is 3.74. The molecule has 0 spiro atoms. The second kappa shape index (κ2) is 6.46. The number of nitrogens with zero attached hydrogens (tertiary/aromatic N) is 2. The number of carbonyl (C=O) groups excluding carboxylic acids is 1. The van der Waals surface area contributed by atoms with Crippen LogP contribution in [0.25, 0.3) is 0 Å². The van der Waals surface area contributed by atoms with Crippen molar-refractivity contribution in [3.8, 4) is 0 Å². The van der Waals surface area contributed by atoms with E-state index >= 15 is 0 Å². The molecule has 3 nitrogen and oxygen atoms in total. The minimum Gasteiger partial charge on any atom is -0.337 e. The Morgan fingerprint density at radius 1 is 1.24 bits per heavy atom. The zero-order valence-corrected chi connectivity index (χ0v) is 13.7. The largest absolute Gasteiger partial charge is 0.337 e. The minimum atomic E-state index is -0.177. The van der Waals surface area contributed by atoms with Crippen LogP contribution >= 0.6 is 23.2 Å². The first-order chi connectivity index (χ1) is 9.88. The van der Waals surface area contributed by atoms with Crippen LogP contribution < -0.4 is 0 Å². The molecule has 0 atom stereocenters. The van der Waals surface area contributed by atoms with Gasteiger partial charge in [0, 0.05) is 19.8 Å². The van der Waals surface area contributed by atoms with Crippen molar-refractivity contribution in [3.63, 3.8) is 0 Å². The van der Waals surface area contributed by atoms with Gasteiger partial charge in [-0.15, -0.1) is 0 Å². The van der Waals surface area contributed by atoms with Crippen molar-refractivity contribution in [3.05, 3.63) is 62.9 Å². The Balaban J connectivity index is 2.21. The molecule has 1 aromatic heterocycles. The van der Waals surface area contributed by atoms with Gasteiger partial charge in [-0.25, -0.2) is 4.98 Å². The zero-order valence-electron chi connectivity index (χ0n) is 12.2. The molecule has 0 radical (unpaired) electrons. The molecule has 5 heteroatoms. The van der Waals surface area contributed by atoms with Crippen LogP contribution in [0.3, 0.4) is 0 Å². The van der Waals surface area contributed by atoms with Crippen molar-refractivity contribution >= 4 is 29.1 Å². The number of rotatable bonds is 3. The van der Waals surface area contributed by atoms with Gasteiger partial charge in [0.1, 0.15) is 5.15 Å². The van der Waals surface area contributed by atoms with Gasteiger partial charge in [-0.2, -0.15) is 0 Å². The topological polar surface area (TPSA) is 33.2 Å². The lowest BCUT2D eigenvalue weighted by Crippen LogP contribution is -2.27. The maximum Gasteiger partial charge on any atom is 0.255 e. The first-order valence-corrected chi connectivity index (χ1v) is 7.26. The fourth-order valence-corrected chi connectivity index (χ4v) is 2.48. The molecular formula is C16H16Cl2N2O. The average Bonchev–Trinajstić information content (AvgIpc) is 2.43. The average molecular weight is 323 g/mol. The van der Waals surface area contributed by atoms with Crippen LogP contribution in [-0.2, 0) is 6.54 Å². The van der Waals surface area contributed by atoms with Gasteiger partial charge >= 0.3 is 0 Å². The number of benzene rings is 1. The molecular weight excluding hydrogens is 307 g/mol. The SMILES string of the molecule is Cc1ccc(CN(C)C(=O)c2cc(Cl)ncc2Cl)c(C)c1. The molecule has 0 bridgehead atoms. The highest BCUT2D eigenvalue weighted by molar-refractivity contribution is 6.35. The van der Waals surface area contributed by atoms with Crippen LogP contribution in [0.2, 0.25) is 10.2 Å². The second-order valence-electron chi connectivity index (χ2n) is 5.08. The van der Waals surface area contributed by atoms with Crippen LogP contribution in [0.5, 0.6) is 0 Å². The quantitative estimate of drug-likeness (QED) is 0.790. The number of halogens is 2. The maximum absolute atomic E-state index is 12.5.